The predicted molar refractivity (Wildman–Crippen MR) is 56.2 cm³/mol. The molecule has 0 radical (unpaired) electrons. The second-order valence-electron chi connectivity index (χ2n) is 3.01. The quantitative estimate of drug-likeness (QED) is 0.506. The van der Waals surface area contributed by atoms with Gasteiger partial charge in [-0.25, -0.2) is 4.98 Å². The van der Waals surface area contributed by atoms with Gasteiger partial charge >= 0.3 is 0 Å². The highest BCUT2D eigenvalue weighted by Gasteiger charge is 1.95. The molecule has 1 heterocycles. The largest absolute Gasteiger partial charge is 0.475 e. The first-order valence-electron chi connectivity index (χ1n) is 4.98. The van der Waals surface area contributed by atoms with Crippen molar-refractivity contribution in [1.82, 2.24) is 4.98 Å². The molecule has 0 saturated heterocycles. The van der Waals surface area contributed by atoms with Gasteiger partial charge in [-0.2, -0.15) is 0 Å². The molecule has 0 spiro atoms. The zero-order valence-corrected chi connectivity index (χ0v) is 8.81. The molecular weight excluding hydrogens is 194 g/mol. The zero-order chi connectivity index (χ0) is 10.9. The van der Waals surface area contributed by atoms with Crippen molar-refractivity contribution in [1.29, 1.82) is 0 Å². The molecule has 1 rings (SSSR count). The highest BCUT2D eigenvalue weighted by Crippen LogP contribution is 2.05. The lowest BCUT2D eigenvalue weighted by atomic mass is 10.3. The number of aromatic nitrogens is 1. The summed E-state index contributed by atoms with van der Waals surface area (Å²) in [5.74, 6) is 0.515. The van der Waals surface area contributed by atoms with Crippen LogP contribution in [0.2, 0.25) is 0 Å². The Bertz CT molecular complexity index is 284. The maximum absolute atomic E-state index is 10.3. The van der Waals surface area contributed by atoms with Gasteiger partial charge in [-0.1, -0.05) is 6.92 Å². The van der Waals surface area contributed by atoms with E-state index in [-0.39, 0.29) is 0 Å². The average molecular weight is 209 g/mol. The molecule has 0 aliphatic heterocycles. The second kappa shape index (κ2) is 6.95. The number of nitrogens with zero attached hydrogens (tertiary/aromatic N) is 1. The van der Waals surface area contributed by atoms with Gasteiger partial charge in [0.05, 0.1) is 6.61 Å². The van der Waals surface area contributed by atoms with E-state index >= 15 is 0 Å². The SMILES string of the molecule is CCCOCCOc1ccc(C=O)cn1. The van der Waals surface area contributed by atoms with Gasteiger partial charge in [0.15, 0.2) is 6.29 Å². The van der Waals surface area contributed by atoms with Crippen LogP contribution in [0.4, 0.5) is 0 Å². The monoisotopic (exact) mass is 209 g/mol. The predicted octanol–water partition coefficient (Wildman–Crippen LogP) is 1.70. The molecule has 0 aliphatic carbocycles. The van der Waals surface area contributed by atoms with Crippen molar-refractivity contribution < 1.29 is 14.3 Å². The normalized spacial score (nSPS) is 9.93. The lowest BCUT2D eigenvalue weighted by Crippen LogP contribution is -2.07. The van der Waals surface area contributed by atoms with Crippen LogP contribution in [0.3, 0.4) is 0 Å². The molecule has 1 aromatic rings. The number of hydrogen-bond donors (Lipinski definition) is 0. The molecule has 0 amide bonds. The number of carbonyl (C=O) groups excluding carboxylic acids is 1. The van der Waals surface area contributed by atoms with E-state index in [4.69, 9.17) is 9.47 Å². The van der Waals surface area contributed by atoms with Gasteiger partial charge in [-0.15, -0.1) is 0 Å². The Morgan fingerprint density at radius 2 is 2.20 bits per heavy atom. The average Bonchev–Trinajstić information content (AvgIpc) is 2.30. The van der Waals surface area contributed by atoms with E-state index in [0.717, 1.165) is 19.3 Å². The highest BCUT2D eigenvalue weighted by atomic mass is 16.5. The van der Waals surface area contributed by atoms with Crippen molar-refractivity contribution in [3.8, 4) is 5.88 Å². The summed E-state index contributed by atoms with van der Waals surface area (Å²) in [7, 11) is 0. The third-order valence-corrected chi connectivity index (χ3v) is 1.72. The molecule has 4 nitrogen and oxygen atoms in total. The van der Waals surface area contributed by atoms with Crippen LogP contribution in [0.15, 0.2) is 18.3 Å². The van der Waals surface area contributed by atoms with Crippen LogP contribution in [0.25, 0.3) is 0 Å². The third-order valence-electron chi connectivity index (χ3n) is 1.72. The minimum absolute atomic E-state index is 0.480. The molecule has 1 aromatic heterocycles. The standard InChI is InChI=1S/C11H15NO3/c1-2-5-14-6-7-15-11-4-3-10(9-13)8-12-11/h3-4,8-9H,2,5-7H2,1H3. The highest BCUT2D eigenvalue weighted by molar-refractivity contribution is 5.73. The molecule has 0 bridgehead atoms. The Morgan fingerprint density at radius 1 is 1.33 bits per heavy atom. The van der Waals surface area contributed by atoms with Gasteiger partial charge in [-0.3, -0.25) is 4.79 Å². The Kier molecular flexibility index (Phi) is 5.40. The third kappa shape index (κ3) is 4.56. The summed E-state index contributed by atoms with van der Waals surface area (Å²) in [6.45, 7) is 3.85. The fraction of sp³-hybridized carbons (Fsp3) is 0.455. The number of aldehydes is 1. The number of pyridine rings is 1. The van der Waals surface area contributed by atoms with Gasteiger partial charge in [-0.05, 0) is 12.5 Å². The van der Waals surface area contributed by atoms with E-state index in [1.54, 1.807) is 12.1 Å². The maximum atomic E-state index is 10.3. The summed E-state index contributed by atoms with van der Waals surface area (Å²) < 4.78 is 10.5. The molecule has 4 heteroatoms. The van der Waals surface area contributed by atoms with Crippen LogP contribution in [0.1, 0.15) is 23.7 Å². The van der Waals surface area contributed by atoms with Crippen LogP contribution in [-0.4, -0.2) is 31.1 Å². The van der Waals surface area contributed by atoms with Crippen molar-refractivity contribution in [2.75, 3.05) is 19.8 Å². The maximum Gasteiger partial charge on any atom is 0.213 e. The fourth-order valence-electron chi connectivity index (χ4n) is 0.998. The van der Waals surface area contributed by atoms with Gasteiger partial charge < -0.3 is 9.47 Å². The molecule has 15 heavy (non-hydrogen) atoms. The first kappa shape index (κ1) is 11.7. The van der Waals surface area contributed by atoms with Crippen LogP contribution in [0.5, 0.6) is 5.88 Å². The molecule has 0 N–H and O–H groups in total. The molecule has 0 fully saturated rings. The summed E-state index contributed by atoms with van der Waals surface area (Å²) in [4.78, 5) is 14.3. The minimum Gasteiger partial charge on any atom is -0.475 e. The topological polar surface area (TPSA) is 48.4 Å². The van der Waals surface area contributed by atoms with E-state index in [1.807, 2.05) is 0 Å². The van der Waals surface area contributed by atoms with Crippen molar-refractivity contribution in [2.24, 2.45) is 0 Å². The number of hydrogen-bond acceptors (Lipinski definition) is 4. The number of carbonyl (C=O) groups is 1. The Balaban J connectivity index is 2.22. The van der Waals surface area contributed by atoms with Gasteiger partial charge in [0, 0.05) is 24.4 Å². The van der Waals surface area contributed by atoms with E-state index < -0.39 is 0 Å². The first-order valence-corrected chi connectivity index (χ1v) is 4.98. The van der Waals surface area contributed by atoms with Crippen LogP contribution in [0, 0.1) is 0 Å². The van der Waals surface area contributed by atoms with Crippen molar-refractivity contribution in [3.05, 3.63) is 23.9 Å². The van der Waals surface area contributed by atoms with Crippen molar-refractivity contribution in [3.63, 3.8) is 0 Å². The summed E-state index contributed by atoms with van der Waals surface area (Å²) in [5, 5.41) is 0. The van der Waals surface area contributed by atoms with Crippen molar-refractivity contribution in [2.45, 2.75) is 13.3 Å². The first-order chi connectivity index (χ1) is 7.36. The molecule has 82 valence electrons. The van der Waals surface area contributed by atoms with Crippen molar-refractivity contribution >= 4 is 6.29 Å². The Morgan fingerprint density at radius 3 is 2.80 bits per heavy atom. The Hall–Kier alpha value is -1.42. The fourth-order valence-corrected chi connectivity index (χ4v) is 0.998. The van der Waals surface area contributed by atoms with Crippen LogP contribution >= 0.6 is 0 Å². The van der Waals surface area contributed by atoms with Gasteiger partial charge in [0.1, 0.15) is 6.61 Å². The lowest BCUT2D eigenvalue weighted by molar-refractivity contribution is 0.0989. The number of rotatable bonds is 7. The van der Waals surface area contributed by atoms with Gasteiger partial charge in [0.2, 0.25) is 5.88 Å². The molecule has 0 aliphatic rings. The number of ether oxygens (including phenoxy) is 2. The van der Waals surface area contributed by atoms with Crippen LogP contribution < -0.4 is 4.74 Å². The molecule has 0 unspecified atom stereocenters. The minimum atomic E-state index is 0.480. The molecule has 0 aromatic carbocycles. The Labute approximate surface area is 89.2 Å². The summed E-state index contributed by atoms with van der Waals surface area (Å²) >= 11 is 0. The van der Waals surface area contributed by atoms with E-state index in [1.165, 1.54) is 6.20 Å². The van der Waals surface area contributed by atoms with E-state index in [2.05, 4.69) is 11.9 Å². The van der Waals surface area contributed by atoms with Crippen LogP contribution in [-0.2, 0) is 4.74 Å². The van der Waals surface area contributed by atoms with E-state index in [0.29, 0.717) is 24.7 Å². The van der Waals surface area contributed by atoms with E-state index in [9.17, 15) is 4.79 Å². The molecule has 0 saturated carbocycles. The summed E-state index contributed by atoms with van der Waals surface area (Å²) in [5.41, 5.74) is 0.546. The molecule has 0 atom stereocenters. The molecular formula is C11H15NO3. The second-order valence-corrected chi connectivity index (χ2v) is 3.01. The summed E-state index contributed by atoms with van der Waals surface area (Å²) in [6.07, 6.45) is 3.24. The van der Waals surface area contributed by atoms with Gasteiger partial charge in [0.25, 0.3) is 0 Å². The zero-order valence-electron chi connectivity index (χ0n) is 8.81. The smallest absolute Gasteiger partial charge is 0.213 e. The lowest BCUT2D eigenvalue weighted by Gasteiger charge is -2.05. The summed E-state index contributed by atoms with van der Waals surface area (Å²) in [6, 6.07) is 3.34.